The van der Waals surface area contributed by atoms with Gasteiger partial charge in [-0.15, -0.1) is 17.0 Å². The number of carboxylic acid groups (broad SMARTS) is 1. The van der Waals surface area contributed by atoms with Crippen LogP contribution in [-0.4, -0.2) is 11.1 Å². The Labute approximate surface area is 114 Å². The standard InChI is InChI=1S/C14H9FO2.BrH/c15-14(13(16)17)11-7-3-1-5-9(11)10-6-2-4-8-12(10)14;/h1-8H,(H,16,17);1H. The van der Waals surface area contributed by atoms with E-state index in [9.17, 15) is 14.3 Å². The molecule has 0 unspecified atom stereocenters. The molecule has 1 aliphatic carbocycles. The zero-order valence-electron chi connectivity index (χ0n) is 9.26. The third kappa shape index (κ3) is 1.42. The molecule has 3 rings (SSSR count). The number of carboxylic acids is 1. The van der Waals surface area contributed by atoms with Gasteiger partial charge < -0.3 is 5.11 Å². The minimum Gasteiger partial charge on any atom is -0.478 e. The lowest BCUT2D eigenvalue weighted by Gasteiger charge is -2.16. The van der Waals surface area contributed by atoms with Crippen molar-refractivity contribution in [3.63, 3.8) is 0 Å². The molecule has 92 valence electrons. The fraction of sp³-hybridized carbons (Fsp3) is 0.0714. The van der Waals surface area contributed by atoms with Crippen LogP contribution in [-0.2, 0) is 10.5 Å². The van der Waals surface area contributed by atoms with E-state index in [0.717, 1.165) is 0 Å². The van der Waals surface area contributed by atoms with Crippen molar-refractivity contribution >= 4 is 23.0 Å². The van der Waals surface area contributed by atoms with Crippen LogP contribution >= 0.6 is 17.0 Å². The first-order valence-electron chi connectivity index (χ1n) is 5.27. The molecule has 0 bridgehead atoms. The fourth-order valence-electron chi connectivity index (χ4n) is 2.41. The Morgan fingerprint density at radius 2 is 1.33 bits per heavy atom. The van der Waals surface area contributed by atoms with Crippen LogP contribution in [0.15, 0.2) is 48.5 Å². The van der Waals surface area contributed by atoms with Crippen molar-refractivity contribution in [1.29, 1.82) is 0 Å². The van der Waals surface area contributed by atoms with E-state index in [1.807, 2.05) is 0 Å². The van der Waals surface area contributed by atoms with E-state index in [-0.39, 0.29) is 28.1 Å². The number of benzene rings is 2. The first-order valence-corrected chi connectivity index (χ1v) is 5.27. The van der Waals surface area contributed by atoms with Crippen LogP contribution in [0.1, 0.15) is 11.1 Å². The predicted octanol–water partition coefficient (Wildman–Crippen LogP) is 3.54. The highest BCUT2D eigenvalue weighted by Gasteiger charge is 2.50. The minimum absolute atomic E-state index is 0. The maximum atomic E-state index is 14.8. The molecule has 0 amide bonds. The van der Waals surface area contributed by atoms with Crippen molar-refractivity contribution in [2.75, 3.05) is 0 Å². The van der Waals surface area contributed by atoms with Gasteiger partial charge in [-0.2, -0.15) is 0 Å². The highest BCUT2D eigenvalue weighted by Crippen LogP contribution is 2.49. The highest BCUT2D eigenvalue weighted by molar-refractivity contribution is 8.93. The highest BCUT2D eigenvalue weighted by atomic mass is 79.9. The van der Waals surface area contributed by atoms with Gasteiger partial charge in [0.2, 0.25) is 0 Å². The van der Waals surface area contributed by atoms with Gasteiger partial charge >= 0.3 is 5.97 Å². The number of hydrogen-bond acceptors (Lipinski definition) is 1. The number of fused-ring (bicyclic) bond motifs is 3. The van der Waals surface area contributed by atoms with Crippen molar-refractivity contribution in [3.05, 3.63) is 59.7 Å². The monoisotopic (exact) mass is 308 g/mol. The van der Waals surface area contributed by atoms with Crippen molar-refractivity contribution in [2.45, 2.75) is 5.67 Å². The molecule has 0 radical (unpaired) electrons. The van der Waals surface area contributed by atoms with E-state index in [2.05, 4.69) is 0 Å². The van der Waals surface area contributed by atoms with E-state index in [0.29, 0.717) is 11.1 Å². The van der Waals surface area contributed by atoms with Crippen LogP contribution in [0.5, 0.6) is 0 Å². The van der Waals surface area contributed by atoms with Crippen LogP contribution in [0.25, 0.3) is 11.1 Å². The lowest BCUT2D eigenvalue weighted by atomic mass is 9.94. The van der Waals surface area contributed by atoms with Crippen LogP contribution in [0.2, 0.25) is 0 Å². The van der Waals surface area contributed by atoms with Crippen LogP contribution in [0, 0.1) is 0 Å². The van der Waals surface area contributed by atoms with Gasteiger partial charge in [-0.05, 0) is 11.1 Å². The Balaban J connectivity index is 0.00000120. The molecular weight excluding hydrogens is 299 g/mol. The van der Waals surface area contributed by atoms with Gasteiger partial charge in [-0.1, -0.05) is 48.5 Å². The lowest BCUT2D eigenvalue weighted by Crippen LogP contribution is -2.29. The number of aliphatic carboxylic acids is 1. The number of hydrogen-bond donors (Lipinski definition) is 1. The maximum absolute atomic E-state index is 14.8. The summed E-state index contributed by atoms with van der Waals surface area (Å²) in [7, 11) is 0. The number of alkyl halides is 1. The SMILES string of the molecule is Br.O=C(O)C1(F)c2ccccc2-c2ccccc21. The topological polar surface area (TPSA) is 37.3 Å². The summed E-state index contributed by atoms with van der Waals surface area (Å²) < 4.78 is 14.8. The van der Waals surface area contributed by atoms with Gasteiger partial charge in [0.15, 0.2) is 0 Å². The van der Waals surface area contributed by atoms with Crippen molar-refractivity contribution < 1.29 is 14.3 Å². The fourth-order valence-corrected chi connectivity index (χ4v) is 2.41. The first-order chi connectivity index (χ1) is 8.15. The van der Waals surface area contributed by atoms with Crippen molar-refractivity contribution in [1.82, 2.24) is 0 Å². The molecule has 0 saturated carbocycles. The Bertz CT molecular complexity index is 579. The molecule has 0 heterocycles. The lowest BCUT2D eigenvalue weighted by molar-refractivity contribution is -0.148. The number of halogens is 2. The molecule has 0 aliphatic heterocycles. The average molecular weight is 309 g/mol. The van der Waals surface area contributed by atoms with Crippen molar-refractivity contribution in [2.24, 2.45) is 0 Å². The van der Waals surface area contributed by atoms with E-state index < -0.39 is 11.6 Å². The number of carbonyl (C=O) groups is 1. The van der Waals surface area contributed by atoms with Crippen LogP contribution < -0.4 is 0 Å². The Morgan fingerprint density at radius 1 is 0.944 bits per heavy atom. The summed E-state index contributed by atoms with van der Waals surface area (Å²) in [4.78, 5) is 11.3. The summed E-state index contributed by atoms with van der Waals surface area (Å²) in [6.07, 6.45) is 0. The average Bonchev–Trinajstić information content (AvgIpc) is 2.63. The molecule has 0 atom stereocenters. The molecule has 0 saturated heterocycles. The van der Waals surface area contributed by atoms with Gasteiger partial charge in [0.1, 0.15) is 0 Å². The van der Waals surface area contributed by atoms with Gasteiger partial charge in [0, 0.05) is 11.1 Å². The largest absolute Gasteiger partial charge is 0.478 e. The second-order valence-electron chi connectivity index (χ2n) is 4.05. The van der Waals surface area contributed by atoms with Gasteiger partial charge in [0.25, 0.3) is 5.67 Å². The van der Waals surface area contributed by atoms with E-state index >= 15 is 0 Å². The van der Waals surface area contributed by atoms with Gasteiger partial charge in [0.05, 0.1) is 0 Å². The first kappa shape index (κ1) is 12.8. The molecule has 1 N–H and O–H groups in total. The molecule has 0 spiro atoms. The van der Waals surface area contributed by atoms with Crippen LogP contribution in [0.3, 0.4) is 0 Å². The summed E-state index contributed by atoms with van der Waals surface area (Å²) in [6.45, 7) is 0. The molecule has 18 heavy (non-hydrogen) atoms. The zero-order valence-corrected chi connectivity index (χ0v) is 11.0. The maximum Gasteiger partial charge on any atom is 0.351 e. The van der Waals surface area contributed by atoms with Crippen LogP contribution in [0.4, 0.5) is 4.39 Å². The molecule has 4 heteroatoms. The molecule has 0 aromatic heterocycles. The normalized spacial score (nSPS) is 14.3. The molecule has 1 aliphatic rings. The molecule has 2 aromatic rings. The Morgan fingerprint density at radius 3 is 1.72 bits per heavy atom. The van der Waals surface area contributed by atoms with Crippen molar-refractivity contribution in [3.8, 4) is 11.1 Å². The summed E-state index contributed by atoms with van der Waals surface area (Å²) in [5.41, 5.74) is -0.670. The second kappa shape index (κ2) is 4.21. The summed E-state index contributed by atoms with van der Waals surface area (Å²) >= 11 is 0. The number of rotatable bonds is 1. The van der Waals surface area contributed by atoms with Gasteiger partial charge in [-0.3, -0.25) is 0 Å². The third-order valence-corrected chi connectivity index (χ3v) is 3.18. The van der Waals surface area contributed by atoms with E-state index in [4.69, 9.17) is 0 Å². The zero-order chi connectivity index (χ0) is 12.0. The molecule has 0 fully saturated rings. The van der Waals surface area contributed by atoms with E-state index in [1.54, 1.807) is 36.4 Å². The second-order valence-corrected chi connectivity index (χ2v) is 4.05. The van der Waals surface area contributed by atoms with Gasteiger partial charge in [-0.25, -0.2) is 9.18 Å². The predicted molar refractivity (Wildman–Crippen MR) is 71.7 cm³/mol. The molecule has 2 aromatic carbocycles. The Hall–Kier alpha value is -1.68. The quantitative estimate of drug-likeness (QED) is 0.875. The minimum atomic E-state index is -2.42. The van der Waals surface area contributed by atoms with E-state index in [1.165, 1.54) is 12.1 Å². The molecular formula is C14H10BrFO2. The third-order valence-electron chi connectivity index (χ3n) is 3.18. The summed E-state index contributed by atoms with van der Waals surface area (Å²) in [6, 6.07) is 13.4. The molecule has 2 nitrogen and oxygen atoms in total. The summed E-state index contributed by atoms with van der Waals surface area (Å²) in [5, 5.41) is 9.19. The summed E-state index contributed by atoms with van der Waals surface area (Å²) in [5.74, 6) is -1.46. The Kier molecular flexibility index (Phi) is 2.99. The smallest absolute Gasteiger partial charge is 0.351 e.